The van der Waals surface area contributed by atoms with Gasteiger partial charge in [0.2, 0.25) is 0 Å². The van der Waals surface area contributed by atoms with Crippen LogP contribution in [0.4, 0.5) is 0 Å². The average molecular weight is 329 g/mol. The molecule has 5 heteroatoms. The van der Waals surface area contributed by atoms with Crippen molar-refractivity contribution in [1.82, 2.24) is 15.2 Å². The van der Waals surface area contributed by atoms with Gasteiger partial charge in [0.05, 0.1) is 11.3 Å². The van der Waals surface area contributed by atoms with Gasteiger partial charge in [0.1, 0.15) is 0 Å². The Morgan fingerprint density at radius 2 is 2.09 bits per heavy atom. The van der Waals surface area contributed by atoms with Gasteiger partial charge in [0.15, 0.2) is 0 Å². The minimum Gasteiger partial charge on any atom is -0.352 e. The standard InChI is InChI=1S/C18H23N3OS/c22-18(19-8-4-11-21-9-2-1-3-10-21)15-5-6-17(20-13-15)16-7-12-23-14-16/h5-7,12-14H,1-4,8-11H2,(H,19,22). The van der Waals surface area contributed by atoms with Crippen LogP contribution >= 0.6 is 11.3 Å². The highest BCUT2D eigenvalue weighted by molar-refractivity contribution is 7.08. The first-order valence-electron chi connectivity index (χ1n) is 8.32. The molecule has 2 aromatic rings. The first-order valence-corrected chi connectivity index (χ1v) is 9.26. The summed E-state index contributed by atoms with van der Waals surface area (Å²) in [5.41, 5.74) is 2.64. The number of nitrogens with one attached hydrogen (secondary N) is 1. The van der Waals surface area contributed by atoms with E-state index in [1.54, 1.807) is 17.5 Å². The van der Waals surface area contributed by atoms with Crippen molar-refractivity contribution in [3.05, 3.63) is 40.7 Å². The molecule has 122 valence electrons. The SMILES string of the molecule is O=C(NCCCN1CCCCC1)c1ccc(-c2ccsc2)nc1. The Morgan fingerprint density at radius 1 is 1.22 bits per heavy atom. The predicted molar refractivity (Wildman–Crippen MR) is 94.8 cm³/mol. The molecule has 1 aliphatic rings. The fraction of sp³-hybridized carbons (Fsp3) is 0.444. The number of amides is 1. The average Bonchev–Trinajstić information content (AvgIpc) is 3.14. The van der Waals surface area contributed by atoms with Gasteiger partial charge in [0, 0.05) is 23.7 Å². The number of piperidine rings is 1. The van der Waals surface area contributed by atoms with Gasteiger partial charge < -0.3 is 10.2 Å². The van der Waals surface area contributed by atoms with E-state index < -0.39 is 0 Å². The quantitative estimate of drug-likeness (QED) is 0.826. The van der Waals surface area contributed by atoms with Crippen molar-refractivity contribution >= 4 is 17.2 Å². The molecule has 1 fully saturated rings. The normalized spacial score (nSPS) is 15.5. The lowest BCUT2D eigenvalue weighted by Gasteiger charge is -2.26. The first-order chi connectivity index (χ1) is 11.3. The molecule has 0 atom stereocenters. The number of hydrogen-bond acceptors (Lipinski definition) is 4. The molecule has 4 nitrogen and oxygen atoms in total. The number of nitrogens with zero attached hydrogens (tertiary/aromatic N) is 2. The molecular weight excluding hydrogens is 306 g/mol. The second kappa shape index (κ2) is 8.22. The molecule has 0 spiro atoms. The number of aromatic nitrogens is 1. The fourth-order valence-corrected chi connectivity index (χ4v) is 3.55. The van der Waals surface area contributed by atoms with E-state index in [0.717, 1.165) is 30.8 Å². The summed E-state index contributed by atoms with van der Waals surface area (Å²) in [7, 11) is 0. The van der Waals surface area contributed by atoms with Gasteiger partial charge in [-0.05, 0) is 62.5 Å². The molecule has 1 aliphatic heterocycles. The van der Waals surface area contributed by atoms with Gasteiger partial charge in [-0.1, -0.05) is 6.42 Å². The van der Waals surface area contributed by atoms with E-state index in [-0.39, 0.29) is 5.91 Å². The zero-order valence-corrected chi connectivity index (χ0v) is 14.1. The summed E-state index contributed by atoms with van der Waals surface area (Å²) in [4.78, 5) is 19.0. The van der Waals surface area contributed by atoms with Crippen molar-refractivity contribution in [3.63, 3.8) is 0 Å². The van der Waals surface area contributed by atoms with Crippen LogP contribution in [-0.2, 0) is 0 Å². The van der Waals surface area contributed by atoms with Gasteiger partial charge >= 0.3 is 0 Å². The van der Waals surface area contributed by atoms with Crippen LogP contribution < -0.4 is 5.32 Å². The van der Waals surface area contributed by atoms with E-state index in [2.05, 4.69) is 20.6 Å². The molecule has 0 bridgehead atoms. The van der Waals surface area contributed by atoms with Crippen molar-refractivity contribution in [3.8, 4) is 11.3 Å². The third-order valence-electron chi connectivity index (χ3n) is 4.23. The Labute approximate surface area is 141 Å². The summed E-state index contributed by atoms with van der Waals surface area (Å²) >= 11 is 1.65. The third-order valence-corrected chi connectivity index (χ3v) is 4.91. The molecule has 0 unspecified atom stereocenters. The maximum Gasteiger partial charge on any atom is 0.252 e. The molecule has 0 saturated carbocycles. The van der Waals surface area contributed by atoms with E-state index in [9.17, 15) is 4.79 Å². The Morgan fingerprint density at radius 3 is 2.78 bits per heavy atom. The number of carbonyl (C=O) groups is 1. The molecule has 1 N–H and O–H groups in total. The molecule has 3 rings (SSSR count). The van der Waals surface area contributed by atoms with Crippen LogP contribution in [0.25, 0.3) is 11.3 Å². The number of carbonyl (C=O) groups excluding carboxylic acids is 1. The number of pyridine rings is 1. The van der Waals surface area contributed by atoms with E-state index in [1.807, 2.05) is 23.6 Å². The lowest BCUT2D eigenvalue weighted by Crippen LogP contribution is -2.33. The Kier molecular flexibility index (Phi) is 5.77. The van der Waals surface area contributed by atoms with Crippen LogP contribution in [0.2, 0.25) is 0 Å². The summed E-state index contributed by atoms with van der Waals surface area (Å²) in [6.45, 7) is 4.22. The summed E-state index contributed by atoms with van der Waals surface area (Å²) in [5, 5.41) is 7.08. The van der Waals surface area contributed by atoms with Crippen molar-refractivity contribution in [2.75, 3.05) is 26.2 Å². The monoisotopic (exact) mass is 329 g/mol. The van der Waals surface area contributed by atoms with Crippen LogP contribution in [-0.4, -0.2) is 42.0 Å². The lowest BCUT2D eigenvalue weighted by atomic mass is 10.1. The number of likely N-dealkylation sites (tertiary alicyclic amines) is 1. The van der Waals surface area contributed by atoms with Crippen LogP contribution in [0.5, 0.6) is 0 Å². The zero-order valence-electron chi connectivity index (χ0n) is 13.3. The first kappa shape index (κ1) is 16.1. The smallest absolute Gasteiger partial charge is 0.252 e. The zero-order chi connectivity index (χ0) is 15.9. The van der Waals surface area contributed by atoms with E-state index >= 15 is 0 Å². The van der Waals surface area contributed by atoms with Crippen molar-refractivity contribution < 1.29 is 4.79 Å². The van der Waals surface area contributed by atoms with Crippen LogP contribution in [0.15, 0.2) is 35.2 Å². The maximum atomic E-state index is 12.1. The fourth-order valence-electron chi connectivity index (χ4n) is 2.90. The number of rotatable bonds is 6. The lowest BCUT2D eigenvalue weighted by molar-refractivity contribution is 0.0951. The molecule has 0 aliphatic carbocycles. The highest BCUT2D eigenvalue weighted by atomic mass is 32.1. The minimum atomic E-state index is -0.0342. The molecular formula is C18H23N3OS. The second-order valence-electron chi connectivity index (χ2n) is 5.96. The highest BCUT2D eigenvalue weighted by Crippen LogP contribution is 2.19. The van der Waals surface area contributed by atoms with Crippen LogP contribution in [0, 0.1) is 0 Å². The van der Waals surface area contributed by atoms with Crippen LogP contribution in [0.3, 0.4) is 0 Å². The van der Waals surface area contributed by atoms with Gasteiger partial charge in [-0.2, -0.15) is 11.3 Å². The van der Waals surface area contributed by atoms with E-state index in [1.165, 1.54) is 32.4 Å². The molecule has 2 aromatic heterocycles. The summed E-state index contributed by atoms with van der Waals surface area (Å²) < 4.78 is 0. The van der Waals surface area contributed by atoms with Crippen molar-refractivity contribution in [2.45, 2.75) is 25.7 Å². The summed E-state index contributed by atoms with van der Waals surface area (Å²) in [6, 6.07) is 5.79. The van der Waals surface area contributed by atoms with Crippen molar-refractivity contribution in [1.29, 1.82) is 0 Å². The minimum absolute atomic E-state index is 0.0342. The molecule has 23 heavy (non-hydrogen) atoms. The van der Waals surface area contributed by atoms with E-state index in [4.69, 9.17) is 0 Å². The number of hydrogen-bond donors (Lipinski definition) is 1. The molecule has 3 heterocycles. The highest BCUT2D eigenvalue weighted by Gasteiger charge is 2.10. The summed E-state index contributed by atoms with van der Waals surface area (Å²) in [6.07, 6.45) is 6.66. The van der Waals surface area contributed by atoms with Crippen LogP contribution in [0.1, 0.15) is 36.0 Å². The van der Waals surface area contributed by atoms with Gasteiger partial charge in [-0.15, -0.1) is 0 Å². The largest absolute Gasteiger partial charge is 0.352 e. The van der Waals surface area contributed by atoms with E-state index in [0.29, 0.717) is 5.56 Å². The van der Waals surface area contributed by atoms with Gasteiger partial charge in [0.25, 0.3) is 5.91 Å². The Hall–Kier alpha value is -1.72. The van der Waals surface area contributed by atoms with Crippen molar-refractivity contribution in [2.24, 2.45) is 0 Å². The predicted octanol–water partition coefficient (Wildman–Crippen LogP) is 3.42. The maximum absolute atomic E-state index is 12.1. The topological polar surface area (TPSA) is 45.2 Å². The molecule has 0 aromatic carbocycles. The third kappa shape index (κ3) is 4.62. The van der Waals surface area contributed by atoms with Gasteiger partial charge in [-0.3, -0.25) is 9.78 Å². The second-order valence-corrected chi connectivity index (χ2v) is 6.74. The molecule has 1 amide bonds. The Balaban J connectivity index is 1.43. The Bertz CT molecular complexity index is 604. The summed E-state index contributed by atoms with van der Waals surface area (Å²) in [5.74, 6) is -0.0342. The van der Waals surface area contributed by atoms with Gasteiger partial charge in [-0.25, -0.2) is 0 Å². The molecule has 0 radical (unpaired) electrons. The number of thiophene rings is 1. The molecule has 1 saturated heterocycles.